The first-order chi connectivity index (χ1) is 8.58. The van der Waals surface area contributed by atoms with E-state index >= 15 is 0 Å². The number of hydrogen-bond acceptors (Lipinski definition) is 4. The van der Waals surface area contributed by atoms with Crippen LogP contribution in [0.25, 0.3) is 0 Å². The Hall–Kier alpha value is -1.75. The first kappa shape index (κ1) is 12.7. The fourth-order valence-corrected chi connectivity index (χ4v) is 2.03. The van der Waals surface area contributed by atoms with Gasteiger partial charge in [-0.1, -0.05) is 6.07 Å². The number of aryl methyl sites for hydroxylation is 1. The second kappa shape index (κ2) is 5.27. The zero-order valence-corrected chi connectivity index (χ0v) is 10.6. The van der Waals surface area contributed by atoms with Gasteiger partial charge < -0.3 is 5.32 Å². The van der Waals surface area contributed by atoms with Crippen molar-refractivity contribution in [1.82, 2.24) is 15.2 Å². The lowest BCUT2D eigenvalue weighted by Crippen LogP contribution is -2.51. The number of nitrogens with zero attached hydrogens (tertiary/aromatic N) is 2. The SMILES string of the molecule is Cc1cccc(CNC2CCC(=O)N(C)C2=O)n1. The average molecular weight is 247 g/mol. The van der Waals surface area contributed by atoms with E-state index < -0.39 is 0 Å². The van der Waals surface area contributed by atoms with Gasteiger partial charge in [0.2, 0.25) is 11.8 Å². The van der Waals surface area contributed by atoms with Gasteiger partial charge in [0.05, 0.1) is 11.7 Å². The van der Waals surface area contributed by atoms with E-state index in [-0.39, 0.29) is 17.9 Å². The summed E-state index contributed by atoms with van der Waals surface area (Å²) in [5.74, 6) is -0.259. The number of carbonyl (C=O) groups excluding carboxylic acids is 2. The third kappa shape index (κ3) is 2.73. The summed E-state index contributed by atoms with van der Waals surface area (Å²) in [6, 6.07) is 5.51. The quantitative estimate of drug-likeness (QED) is 0.796. The molecular formula is C13H17N3O2. The molecule has 0 spiro atoms. The Balaban J connectivity index is 1.94. The Labute approximate surface area is 106 Å². The molecule has 5 nitrogen and oxygen atoms in total. The van der Waals surface area contributed by atoms with Gasteiger partial charge in [-0.15, -0.1) is 0 Å². The largest absolute Gasteiger partial charge is 0.300 e. The molecule has 96 valence electrons. The molecule has 2 rings (SSSR count). The minimum Gasteiger partial charge on any atom is -0.300 e. The standard InChI is InChI=1S/C13H17N3O2/c1-9-4-3-5-10(15-9)8-14-11-6-7-12(17)16(2)13(11)18/h3-5,11,14H,6-8H2,1-2H3. The number of hydrogen-bond donors (Lipinski definition) is 1. The summed E-state index contributed by atoms with van der Waals surface area (Å²) in [6.45, 7) is 2.47. The molecule has 1 N–H and O–H groups in total. The molecular weight excluding hydrogens is 230 g/mol. The van der Waals surface area contributed by atoms with Crippen LogP contribution in [-0.4, -0.2) is 34.8 Å². The highest BCUT2D eigenvalue weighted by Gasteiger charge is 2.31. The van der Waals surface area contributed by atoms with E-state index in [2.05, 4.69) is 10.3 Å². The van der Waals surface area contributed by atoms with Crippen LogP contribution in [0, 0.1) is 6.92 Å². The van der Waals surface area contributed by atoms with E-state index in [9.17, 15) is 9.59 Å². The Morgan fingerprint density at radius 2 is 2.22 bits per heavy atom. The molecule has 0 aliphatic carbocycles. The minimum atomic E-state index is -0.282. The molecule has 2 heterocycles. The second-order valence-electron chi connectivity index (χ2n) is 4.53. The van der Waals surface area contributed by atoms with Gasteiger partial charge in [-0.05, 0) is 25.5 Å². The highest BCUT2D eigenvalue weighted by atomic mass is 16.2. The van der Waals surface area contributed by atoms with Gasteiger partial charge >= 0.3 is 0 Å². The van der Waals surface area contributed by atoms with Crippen molar-refractivity contribution in [3.05, 3.63) is 29.6 Å². The number of amides is 2. The van der Waals surface area contributed by atoms with E-state index in [4.69, 9.17) is 0 Å². The summed E-state index contributed by atoms with van der Waals surface area (Å²) in [5.41, 5.74) is 1.86. The third-order valence-electron chi connectivity index (χ3n) is 3.13. The number of imide groups is 1. The van der Waals surface area contributed by atoms with Crippen LogP contribution in [0.15, 0.2) is 18.2 Å². The second-order valence-corrected chi connectivity index (χ2v) is 4.53. The summed E-state index contributed by atoms with van der Waals surface area (Å²) in [6.07, 6.45) is 0.981. The van der Waals surface area contributed by atoms with E-state index in [0.29, 0.717) is 19.4 Å². The van der Waals surface area contributed by atoms with Crippen LogP contribution in [0.2, 0.25) is 0 Å². The van der Waals surface area contributed by atoms with E-state index in [1.54, 1.807) is 0 Å². The number of rotatable bonds is 3. The highest BCUT2D eigenvalue weighted by molar-refractivity contribution is 6.00. The lowest BCUT2D eigenvalue weighted by molar-refractivity contribution is -0.148. The molecule has 1 aliphatic heterocycles. The smallest absolute Gasteiger partial charge is 0.246 e. The molecule has 0 aromatic carbocycles. The monoisotopic (exact) mass is 247 g/mol. The van der Waals surface area contributed by atoms with Crippen molar-refractivity contribution in [1.29, 1.82) is 0 Å². The van der Waals surface area contributed by atoms with Gasteiger partial charge in [0.25, 0.3) is 0 Å². The lowest BCUT2D eigenvalue weighted by Gasteiger charge is -2.28. The van der Waals surface area contributed by atoms with Gasteiger partial charge in [-0.2, -0.15) is 0 Å². The maximum Gasteiger partial charge on any atom is 0.246 e. The molecule has 0 radical (unpaired) electrons. The summed E-state index contributed by atoms with van der Waals surface area (Å²) in [7, 11) is 1.53. The maximum atomic E-state index is 11.8. The highest BCUT2D eigenvalue weighted by Crippen LogP contribution is 2.12. The minimum absolute atomic E-state index is 0.105. The van der Waals surface area contributed by atoms with Crippen molar-refractivity contribution < 1.29 is 9.59 Å². The number of carbonyl (C=O) groups is 2. The summed E-state index contributed by atoms with van der Waals surface area (Å²) in [5, 5.41) is 3.16. The van der Waals surface area contributed by atoms with Gasteiger partial charge in [-0.25, -0.2) is 0 Å². The topological polar surface area (TPSA) is 62.3 Å². The lowest BCUT2D eigenvalue weighted by atomic mass is 10.0. The molecule has 1 aromatic rings. The predicted octanol–water partition coefficient (Wildman–Crippen LogP) is 0.627. The fourth-order valence-electron chi connectivity index (χ4n) is 2.03. The molecule has 18 heavy (non-hydrogen) atoms. The number of piperidine rings is 1. The van der Waals surface area contributed by atoms with Gasteiger partial charge in [-0.3, -0.25) is 19.5 Å². The number of pyridine rings is 1. The summed E-state index contributed by atoms with van der Waals surface area (Å²) >= 11 is 0. The van der Waals surface area contributed by atoms with Crippen molar-refractivity contribution in [3.63, 3.8) is 0 Å². The van der Waals surface area contributed by atoms with Gasteiger partial charge in [0, 0.05) is 25.7 Å². The van der Waals surface area contributed by atoms with Crippen molar-refractivity contribution in [2.75, 3.05) is 7.05 Å². The van der Waals surface area contributed by atoms with Crippen molar-refractivity contribution >= 4 is 11.8 Å². The van der Waals surface area contributed by atoms with Crippen LogP contribution in [-0.2, 0) is 16.1 Å². The van der Waals surface area contributed by atoms with Crippen molar-refractivity contribution in [3.8, 4) is 0 Å². The molecule has 1 atom stereocenters. The molecule has 1 aliphatic rings. The van der Waals surface area contributed by atoms with Crippen LogP contribution in [0.4, 0.5) is 0 Å². The Morgan fingerprint density at radius 3 is 2.94 bits per heavy atom. The molecule has 0 saturated carbocycles. The molecule has 1 saturated heterocycles. The average Bonchev–Trinajstić information content (AvgIpc) is 2.35. The number of likely N-dealkylation sites (N-methyl/N-ethyl adjacent to an activating group) is 1. The third-order valence-corrected chi connectivity index (χ3v) is 3.13. The number of likely N-dealkylation sites (tertiary alicyclic amines) is 1. The molecule has 2 amide bonds. The summed E-state index contributed by atoms with van der Waals surface area (Å²) < 4.78 is 0. The van der Waals surface area contributed by atoms with Crippen molar-refractivity contribution in [2.45, 2.75) is 32.4 Å². The van der Waals surface area contributed by atoms with Gasteiger partial charge in [0.15, 0.2) is 0 Å². The molecule has 5 heteroatoms. The molecule has 1 fully saturated rings. The molecule has 0 bridgehead atoms. The zero-order chi connectivity index (χ0) is 13.1. The number of nitrogens with one attached hydrogen (secondary N) is 1. The number of aromatic nitrogens is 1. The Bertz CT molecular complexity index is 473. The maximum absolute atomic E-state index is 11.8. The zero-order valence-electron chi connectivity index (χ0n) is 10.6. The first-order valence-corrected chi connectivity index (χ1v) is 6.04. The van der Waals surface area contributed by atoms with Crippen LogP contribution >= 0.6 is 0 Å². The summed E-state index contributed by atoms with van der Waals surface area (Å²) in [4.78, 5) is 28.7. The first-order valence-electron chi connectivity index (χ1n) is 6.04. The van der Waals surface area contributed by atoms with Crippen LogP contribution < -0.4 is 5.32 Å². The van der Waals surface area contributed by atoms with E-state index in [0.717, 1.165) is 11.4 Å². The van der Waals surface area contributed by atoms with E-state index in [1.807, 2.05) is 25.1 Å². The van der Waals surface area contributed by atoms with Crippen LogP contribution in [0.5, 0.6) is 0 Å². The van der Waals surface area contributed by atoms with Crippen LogP contribution in [0.1, 0.15) is 24.2 Å². The van der Waals surface area contributed by atoms with Crippen LogP contribution in [0.3, 0.4) is 0 Å². The van der Waals surface area contributed by atoms with Crippen molar-refractivity contribution in [2.24, 2.45) is 0 Å². The fraction of sp³-hybridized carbons (Fsp3) is 0.462. The predicted molar refractivity (Wildman–Crippen MR) is 66.6 cm³/mol. The Kier molecular flexibility index (Phi) is 3.72. The molecule has 1 aromatic heterocycles. The molecule has 1 unspecified atom stereocenters. The normalized spacial score (nSPS) is 20.3. The van der Waals surface area contributed by atoms with Gasteiger partial charge in [0.1, 0.15) is 0 Å². The van der Waals surface area contributed by atoms with E-state index in [1.165, 1.54) is 11.9 Å². The Morgan fingerprint density at radius 1 is 1.44 bits per heavy atom.